The topological polar surface area (TPSA) is 127 Å². The minimum atomic E-state index is -1.25. The average Bonchev–Trinajstić information content (AvgIpc) is 3.19. The molecule has 2 aromatic carbocycles. The first-order valence-corrected chi connectivity index (χ1v) is 10.2. The van der Waals surface area contributed by atoms with Crippen molar-refractivity contribution in [1.29, 1.82) is 0 Å². The number of carbonyl (C=O) groups excluding carboxylic acids is 3. The quantitative estimate of drug-likeness (QED) is 0.470. The van der Waals surface area contributed by atoms with Gasteiger partial charge in [0.15, 0.2) is 0 Å². The van der Waals surface area contributed by atoms with Gasteiger partial charge in [-0.15, -0.1) is 0 Å². The Balaban J connectivity index is 1.49. The predicted molar refractivity (Wildman–Crippen MR) is 120 cm³/mol. The third kappa shape index (κ3) is 3.77. The van der Waals surface area contributed by atoms with Crippen LogP contribution in [-0.2, 0) is 20.5 Å². The lowest BCUT2D eigenvalue weighted by Crippen LogP contribution is -2.42. The lowest BCUT2D eigenvalue weighted by atomic mass is 9.84. The minimum Gasteiger partial charge on any atom is -0.324 e. The van der Waals surface area contributed by atoms with Crippen LogP contribution in [0.15, 0.2) is 47.3 Å². The van der Waals surface area contributed by atoms with Gasteiger partial charge in [0, 0.05) is 5.69 Å². The van der Waals surface area contributed by atoms with E-state index in [2.05, 4.69) is 41.4 Å². The summed E-state index contributed by atoms with van der Waals surface area (Å²) in [5.74, 6) is -1.02. The van der Waals surface area contributed by atoms with E-state index in [4.69, 9.17) is 0 Å². The number of benzene rings is 2. The summed E-state index contributed by atoms with van der Waals surface area (Å²) in [5.41, 5.74) is 1.69. The van der Waals surface area contributed by atoms with Crippen molar-refractivity contribution in [2.24, 2.45) is 0 Å². The van der Waals surface area contributed by atoms with Crippen molar-refractivity contribution in [3.05, 3.63) is 64.1 Å². The second-order valence-corrected chi connectivity index (χ2v) is 9.16. The van der Waals surface area contributed by atoms with Gasteiger partial charge in [0.25, 0.3) is 5.91 Å². The first kappa shape index (κ1) is 21.4. The number of imidazole rings is 1. The molecular formula is C23H25N5O4. The molecule has 4 N–H and O–H groups in total. The number of H-pyrrole nitrogens is 2. The number of anilines is 1. The third-order valence-corrected chi connectivity index (χ3v) is 5.70. The molecule has 9 heteroatoms. The van der Waals surface area contributed by atoms with Crippen LogP contribution >= 0.6 is 0 Å². The molecule has 4 rings (SSSR count). The molecule has 3 aromatic rings. The molecular weight excluding hydrogens is 410 g/mol. The zero-order valence-corrected chi connectivity index (χ0v) is 18.3. The number of aromatic nitrogens is 2. The fourth-order valence-corrected chi connectivity index (χ4v) is 3.79. The largest absolute Gasteiger partial charge is 0.325 e. The van der Waals surface area contributed by atoms with Crippen molar-refractivity contribution in [3.8, 4) is 0 Å². The van der Waals surface area contributed by atoms with Crippen LogP contribution in [0.2, 0.25) is 0 Å². The Morgan fingerprint density at radius 1 is 1.00 bits per heavy atom. The van der Waals surface area contributed by atoms with Gasteiger partial charge >= 0.3 is 11.7 Å². The number of amides is 4. The SMILES string of the molecule is CC(C)(C)c1ccc(C2(C)NC(=O)N(CC(=O)Nc3ccc4[nH]c(=O)[nH]c4c3)C2=O)cc1. The number of fused-ring (bicyclic) bond motifs is 1. The number of hydrogen-bond donors (Lipinski definition) is 4. The standard InChI is InChI=1S/C23H25N5O4/c1-22(2,3)13-5-7-14(8-6-13)23(4)19(30)28(21(32)27-23)12-18(29)24-15-9-10-16-17(11-15)26-20(31)25-16/h5-11H,12H2,1-4H3,(H,24,29)(H,27,32)(H2,25,26,31). The number of nitrogens with zero attached hydrogens (tertiary/aromatic N) is 1. The molecule has 32 heavy (non-hydrogen) atoms. The molecule has 1 saturated heterocycles. The number of hydrogen-bond acceptors (Lipinski definition) is 4. The molecule has 1 aliphatic rings. The molecule has 0 spiro atoms. The molecule has 0 radical (unpaired) electrons. The Hall–Kier alpha value is -3.88. The Morgan fingerprint density at radius 2 is 1.66 bits per heavy atom. The molecule has 1 atom stereocenters. The summed E-state index contributed by atoms with van der Waals surface area (Å²) in [6.45, 7) is 7.49. The van der Waals surface area contributed by atoms with Crippen LogP contribution in [0, 0.1) is 0 Å². The van der Waals surface area contributed by atoms with Crippen molar-refractivity contribution < 1.29 is 14.4 Å². The van der Waals surface area contributed by atoms with E-state index in [1.165, 1.54) is 0 Å². The van der Waals surface area contributed by atoms with Gasteiger partial charge in [-0.25, -0.2) is 9.59 Å². The van der Waals surface area contributed by atoms with Gasteiger partial charge in [-0.3, -0.25) is 14.5 Å². The number of imide groups is 1. The summed E-state index contributed by atoms with van der Waals surface area (Å²) in [5, 5.41) is 5.37. The number of aromatic amines is 2. The van der Waals surface area contributed by atoms with Crippen LogP contribution in [0.1, 0.15) is 38.8 Å². The third-order valence-electron chi connectivity index (χ3n) is 5.70. The van der Waals surface area contributed by atoms with Crippen LogP contribution in [0.4, 0.5) is 10.5 Å². The van der Waals surface area contributed by atoms with Crippen molar-refractivity contribution in [2.45, 2.75) is 38.6 Å². The Kier molecular flexibility index (Phi) is 4.92. The first-order chi connectivity index (χ1) is 15.0. The molecule has 2 heterocycles. The van der Waals surface area contributed by atoms with Gasteiger partial charge in [0.05, 0.1) is 11.0 Å². The normalized spacial score (nSPS) is 18.8. The van der Waals surface area contributed by atoms with Crippen molar-refractivity contribution in [1.82, 2.24) is 20.2 Å². The lowest BCUT2D eigenvalue weighted by molar-refractivity contribution is -0.133. The van der Waals surface area contributed by atoms with Gasteiger partial charge in [-0.2, -0.15) is 0 Å². The van der Waals surface area contributed by atoms with Gasteiger partial charge < -0.3 is 20.6 Å². The zero-order valence-electron chi connectivity index (χ0n) is 18.3. The summed E-state index contributed by atoms with van der Waals surface area (Å²) in [6.07, 6.45) is 0. The molecule has 166 valence electrons. The van der Waals surface area contributed by atoms with Crippen molar-refractivity contribution in [3.63, 3.8) is 0 Å². The van der Waals surface area contributed by atoms with Crippen LogP contribution in [0.25, 0.3) is 11.0 Å². The summed E-state index contributed by atoms with van der Waals surface area (Å²) in [4.78, 5) is 55.7. The van der Waals surface area contributed by atoms with Gasteiger partial charge in [-0.1, -0.05) is 45.0 Å². The average molecular weight is 435 g/mol. The molecule has 0 aliphatic carbocycles. The second kappa shape index (κ2) is 7.37. The van der Waals surface area contributed by atoms with Gasteiger partial charge in [-0.05, 0) is 41.7 Å². The van der Waals surface area contributed by atoms with Gasteiger partial charge in [0.2, 0.25) is 5.91 Å². The molecule has 0 bridgehead atoms. The Bertz CT molecular complexity index is 1280. The van der Waals surface area contributed by atoms with E-state index in [1.54, 1.807) is 25.1 Å². The fourth-order valence-electron chi connectivity index (χ4n) is 3.79. The molecule has 1 aromatic heterocycles. The number of urea groups is 1. The van der Waals surface area contributed by atoms with E-state index in [9.17, 15) is 19.2 Å². The fraction of sp³-hybridized carbons (Fsp3) is 0.304. The summed E-state index contributed by atoms with van der Waals surface area (Å²) in [6, 6.07) is 11.8. The van der Waals surface area contributed by atoms with Crippen LogP contribution in [0.5, 0.6) is 0 Å². The van der Waals surface area contributed by atoms with Crippen LogP contribution < -0.4 is 16.3 Å². The van der Waals surface area contributed by atoms with Crippen LogP contribution in [-0.4, -0.2) is 39.3 Å². The Labute approximate surface area is 184 Å². The molecule has 1 fully saturated rings. The number of nitrogens with one attached hydrogen (secondary N) is 4. The van der Waals surface area contributed by atoms with E-state index in [0.29, 0.717) is 22.3 Å². The maximum absolute atomic E-state index is 13.1. The minimum absolute atomic E-state index is 0.0388. The summed E-state index contributed by atoms with van der Waals surface area (Å²) >= 11 is 0. The van der Waals surface area contributed by atoms with E-state index in [-0.39, 0.29) is 11.1 Å². The molecule has 0 saturated carbocycles. The summed E-state index contributed by atoms with van der Waals surface area (Å²) in [7, 11) is 0. The van der Waals surface area contributed by atoms with Crippen molar-refractivity contribution in [2.75, 3.05) is 11.9 Å². The van der Waals surface area contributed by atoms with E-state index < -0.39 is 29.9 Å². The highest BCUT2D eigenvalue weighted by molar-refractivity contribution is 6.10. The zero-order chi connectivity index (χ0) is 23.3. The predicted octanol–water partition coefficient (Wildman–Crippen LogP) is 2.56. The lowest BCUT2D eigenvalue weighted by Gasteiger charge is -2.24. The second-order valence-electron chi connectivity index (χ2n) is 9.16. The monoisotopic (exact) mass is 435 g/mol. The Morgan fingerprint density at radius 3 is 2.31 bits per heavy atom. The first-order valence-electron chi connectivity index (χ1n) is 10.2. The molecule has 9 nitrogen and oxygen atoms in total. The molecule has 4 amide bonds. The molecule has 1 aliphatic heterocycles. The van der Waals surface area contributed by atoms with Crippen LogP contribution in [0.3, 0.4) is 0 Å². The van der Waals surface area contributed by atoms with Crippen molar-refractivity contribution >= 4 is 34.6 Å². The highest BCUT2D eigenvalue weighted by Crippen LogP contribution is 2.31. The van der Waals surface area contributed by atoms with E-state index >= 15 is 0 Å². The van der Waals surface area contributed by atoms with E-state index in [1.807, 2.05) is 24.3 Å². The highest BCUT2D eigenvalue weighted by atomic mass is 16.2. The smallest absolute Gasteiger partial charge is 0.324 e. The molecule has 1 unspecified atom stereocenters. The van der Waals surface area contributed by atoms with E-state index in [0.717, 1.165) is 10.5 Å². The number of rotatable bonds is 4. The number of carbonyl (C=O) groups is 3. The summed E-state index contributed by atoms with van der Waals surface area (Å²) < 4.78 is 0. The highest BCUT2D eigenvalue weighted by Gasteiger charge is 2.49. The maximum Gasteiger partial charge on any atom is 0.325 e. The van der Waals surface area contributed by atoms with Gasteiger partial charge in [0.1, 0.15) is 12.1 Å². The maximum atomic E-state index is 13.1.